The summed E-state index contributed by atoms with van der Waals surface area (Å²) in [6.07, 6.45) is 6.58. The molecule has 0 saturated heterocycles. The molecule has 1 unspecified atom stereocenters. The number of ether oxygens (including phenoxy) is 1. The lowest BCUT2D eigenvalue weighted by molar-refractivity contribution is 0.207. The molecule has 1 fully saturated rings. The maximum absolute atomic E-state index is 6.21. The molecule has 1 aliphatic carbocycles. The molecule has 0 aliphatic heterocycles. The number of nitrogens with two attached hydrogens (primary N) is 1. The summed E-state index contributed by atoms with van der Waals surface area (Å²) in [6, 6.07) is 5.73. The number of rotatable bonds is 4. The Morgan fingerprint density at radius 2 is 2.06 bits per heavy atom. The molecule has 0 heterocycles. The topological polar surface area (TPSA) is 35.2 Å². The highest BCUT2D eigenvalue weighted by molar-refractivity contribution is 6.32. The summed E-state index contributed by atoms with van der Waals surface area (Å²) < 4.78 is 5.96. The van der Waals surface area contributed by atoms with Gasteiger partial charge in [-0.05, 0) is 31.7 Å². The van der Waals surface area contributed by atoms with E-state index in [4.69, 9.17) is 22.1 Å². The van der Waals surface area contributed by atoms with E-state index in [0.29, 0.717) is 10.9 Å². The molecule has 1 atom stereocenters. The first kappa shape index (κ1) is 13.7. The summed E-state index contributed by atoms with van der Waals surface area (Å²) in [7, 11) is 0. The van der Waals surface area contributed by atoms with Crippen molar-refractivity contribution in [2.45, 2.75) is 45.1 Å². The molecule has 0 spiro atoms. The average Bonchev–Trinajstić information content (AvgIpc) is 2.38. The fourth-order valence-corrected chi connectivity index (χ4v) is 2.83. The van der Waals surface area contributed by atoms with Crippen molar-refractivity contribution in [3.63, 3.8) is 0 Å². The molecule has 18 heavy (non-hydrogen) atoms. The van der Waals surface area contributed by atoms with Crippen molar-refractivity contribution in [3.05, 3.63) is 28.8 Å². The number of hydrogen-bond donors (Lipinski definition) is 1. The number of hydrogen-bond acceptors (Lipinski definition) is 2. The molecule has 1 saturated carbocycles. The van der Waals surface area contributed by atoms with E-state index >= 15 is 0 Å². The SMILES string of the molecule is CC(N)c1cccc(Cl)c1OCC1CCCCC1. The minimum Gasteiger partial charge on any atom is -0.491 e. The smallest absolute Gasteiger partial charge is 0.142 e. The number of halogens is 1. The van der Waals surface area contributed by atoms with Crippen LogP contribution in [0.1, 0.15) is 50.6 Å². The fourth-order valence-electron chi connectivity index (χ4n) is 2.59. The summed E-state index contributed by atoms with van der Waals surface area (Å²) in [5.74, 6) is 1.45. The summed E-state index contributed by atoms with van der Waals surface area (Å²) in [6.45, 7) is 2.72. The summed E-state index contributed by atoms with van der Waals surface area (Å²) in [4.78, 5) is 0. The van der Waals surface area contributed by atoms with Gasteiger partial charge >= 0.3 is 0 Å². The van der Waals surface area contributed by atoms with Gasteiger partial charge in [-0.1, -0.05) is 43.0 Å². The third-order valence-electron chi connectivity index (χ3n) is 3.68. The number of benzene rings is 1. The zero-order valence-corrected chi connectivity index (χ0v) is 11.7. The molecule has 3 heteroatoms. The van der Waals surface area contributed by atoms with Gasteiger partial charge < -0.3 is 10.5 Å². The molecule has 2 N–H and O–H groups in total. The van der Waals surface area contributed by atoms with E-state index in [0.717, 1.165) is 17.9 Å². The first-order valence-electron chi connectivity index (χ1n) is 6.85. The minimum absolute atomic E-state index is 0.0509. The van der Waals surface area contributed by atoms with Gasteiger partial charge in [0.25, 0.3) is 0 Å². The Kier molecular flexibility index (Phi) is 4.90. The van der Waals surface area contributed by atoms with Gasteiger partial charge in [-0.15, -0.1) is 0 Å². The van der Waals surface area contributed by atoms with Gasteiger partial charge in [0.1, 0.15) is 5.75 Å². The van der Waals surface area contributed by atoms with E-state index in [2.05, 4.69) is 0 Å². The van der Waals surface area contributed by atoms with E-state index in [9.17, 15) is 0 Å². The molecule has 2 rings (SSSR count). The standard InChI is InChI=1S/C15H22ClNO/c1-11(17)13-8-5-9-14(16)15(13)18-10-12-6-3-2-4-7-12/h5,8-9,11-12H,2-4,6-7,10,17H2,1H3. The highest BCUT2D eigenvalue weighted by Crippen LogP contribution is 2.33. The van der Waals surface area contributed by atoms with Gasteiger partial charge in [0.15, 0.2) is 0 Å². The predicted octanol–water partition coefficient (Wildman–Crippen LogP) is 4.32. The van der Waals surface area contributed by atoms with Crippen LogP contribution in [0.4, 0.5) is 0 Å². The Balaban J connectivity index is 2.03. The van der Waals surface area contributed by atoms with Crippen molar-refractivity contribution in [1.29, 1.82) is 0 Å². The van der Waals surface area contributed by atoms with Crippen LogP contribution in [0.25, 0.3) is 0 Å². The second kappa shape index (κ2) is 6.44. The fraction of sp³-hybridized carbons (Fsp3) is 0.600. The lowest BCUT2D eigenvalue weighted by Gasteiger charge is -2.23. The average molecular weight is 268 g/mol. The highest BCUT2D eigenvalue weighted by Gasteiger charge is 2.17. The van der Waals surface area contributed by atoms with Gasteiger partial charge in [-0.3, -0.25) is 0 Å². The van der Waals surface area contributed by atoms with Gasteiger partial charge in [-0.25, -0.2) is 0 Å². The zero-order valence-electron chi connectivity index (χ0n) is 11.0. The second-order valence-corrected chi connectivity index (χ2v) is 5.67. The molecular weight excluding hydrogens is 246 g/mol. The van der Waals surface area contributed by atoms with Gasteiger partial charge in [-0.2, -0.15) is 0 Å². The zero-order chi connectivity index (χ0) is 13.0. The van der Waals surface area contributed by atoms with Crippen LogP contribution in [0, 0.1) is 5.92 Å². The van der Waals surface area contributed by atoms with Gasteiger partial charge in [0.2, 0.25) is 0 Å². The Labute approximate surface area is 114 Å². The second-order valence-electron chi connectivity index (χ2n) is 5.26. The molecule has 100 valence electrons. The molecule has 1 aromatic carbocycles. The molecule has 1 aromatic rings. The van der Waals surface area contributed by atoms with Crippen molar-refractivity contribution in [2.75, 3.05) is 6.61 Å². The Morgan fingerprint density at radius 3 is 2.72 bits per heavy atom. The normalized spacial score (nSPS) is 18.6. The maximum atomic E-state index is 6.21. The molecule has 0 aromatic heterocycles. The molecule has 0 amide bonds. The molecular formula is C15H22ClNO. The monoisotopic (exact) mass is 267 g/mol. The van der Waals surface area contributed by atoms with Crippen LogP contribution in [-0.4, -0.2) is 6.61 Å². The van der Waals surface area contributed by atoms with Crippen LogP contribution < -0.4 is 10.5 Å². The molecule has 1 aliphatic rings. The van der Waals surface area contributed by atoms with Gasteiger partial charge in [0, 0.05) is 11.6 Å². The largest absolute Gasteiger partial charge is 0.491 e. The van der Waals surface area contributed by atoms with Crippen molar-refractivity contribution >= 4 is 11.6 Å². The Bertz CT molecular complexity index is 386. The third-order valence-corrected chi connectivity index (χ3v) is 3.97. The summed E-state index contributed by atoms with van der Waals surface area (Å²) >= 11 is 6.21. The van der Waals surface area contributed by atoms with Gasteiger partial charge in [0.05, 0.1) is 11.6 Å². The van der Waals surface area contributed by atoms with Crippen molar-refractivity contribution in [3.8, 4) is 5.75 Å². The van der Waals surface area contributed by atoms with Crippen molar-refractivity contribution < 1.29 is 4.74 Å². The Hall–Kier alpha value is -0.730. The first-order chi connectivity index (χ1) is 8.68. The van der Waals surface area contributed by atoms with Crippen LogP contribution >= 0.6 is 11.6 Å². The van der Waals surface area contributed by atoms with Crippen LogP contribution in [0.5, 0.6) is 5.75 Å². The first-order valence-corrected chi connectivity index (χ1v) is 7.23. The van der Waals surface area contributed by atoms with E-state index < -0.39 is 0 Å². The van der Waals surface area contributed by atoms with Crippen molar-refractivity contribution in [2.24, 2.45) is 11.7 Å². The summed E-state index contributed by atoms with van der Waals surface area (Å²) in [5, 5.41) is 0.667. The number of para-hydroxylation sites is 1. The summed E-state index contributed by atoms with van der Waals surface area (Å²) in [5.41, 5.74) is 6.95. The Morgan fingerprint density at radius 1 is 1.33 bits per heavy atom. The van der Waals surface area contributed by atoms with Crippen molar-refractivity contribution in [1.82, 2.24) is 0 Å². The molecule has 2 nitrogen and oxygen atoms in total. The molecule has 0 radical (unpaired) electrons. The lowest BCUT2D eigenvalue weighted by atomic mass is 9.90. The van der Waals surface area contributed by atoms with E-state index in [-0.39, 0.29) is 6.04 Å². The van der Waals surface area contributed by atoms with E-state index in [1.807, 2.05) is 25.1 Å². The van der Waals surface area contributed by atoms with Crippen LogP contribution in [0.3, 0.4) is 0 Å². The van der Waals surface area contributed by atoms with E-state index in [1.165, 1.54) is 32.1 Å². The minimum atomic E-state index is -0.0509. The quantitative estimate of drug-likeness (QED) is 0.882. The predicted molar refractivity (Wildman–Crippen MR) is 76.1 cm³/mol. The van der Waals surface area contributed by atoms with E-state index in [1.54, 1.807) is 0 Å². The van der Waals surface area contributed by atoms with Crippen LogP contribution in [-0.2, 0) is 0 Å². The van der Waals surface area contributed by atoms with Crippen LogP contribution in [0.15, 0.2) is 18.2 Å². The third kappa shape index (κ3) is 3.39. The highest BCUT2D eigenvalue weighted by atomic mass is 35.5. The van der Waals surface area contributed by atoms with Crippen LogP contribution in [0.2, 0.25) is 5.02 Å². The lowest BCUT2D eigenvalue weighted by Crippen LogP contribution is -2.17. The maximum Gasteiger partial charge on any atom is 0.142 e. The molecule has 0 bridgehead atoms.